The minimum atomic E-state index is 0. The zero-order valence-electron chi connectivity index (χ0n) is 20.2. The number of nitrogens with one attached hydrogen (secondary N) is 1. The summed E-state index contributed by atoms with van der Waals surface area (Å²) in [5.74, 6) is 3.02. The average Bonchev–Trinajstić information content (AvgIpc) is 2.77. The van der Waals surface area contributed by atoms with Gasteiger partial charge in [-0.1, -0.05) is 13.8 Å². The number of halogens is 1. The largest absolute Gasteiger partial charge is 0.355 e. The van der Waals surface area contributed by atoms with Crippen LogP contribution in [-0.2, 0) is 4.79 Å². The van der Waals surface area contributed by atoms with Gasteiger partial charge >= 0.3 is 0 Å². The Morgan fingerprint density at radius 1 is 0.935 bits per heavy atom. The van der Waals surface area contributed by atoms with Crippen molar-refractivity contribution in [1.82, 2.24) is 24.9 Å². The van der Waals surface area contributed by atoms with Crippen molar-refractivity contribution in [2.24, 2.45) is 16.8 Å². The fraction of sp³-hybridized carbons (Fsp3) is 0.913. The number of nitrogens with zero attached hydrogens (tertiary/aromatic N) is 5. The molecule has 2 heterocycles. The molecule has 0 spiro atoms. The molecule has 0 aromatic rings. The molecule has 1 aliphatic carbocycles. The molecule has 0 aromatic heterocycles. The van der Waals surface area contributed by atoms with Crippen molar-refractivity contribution in [1.29, 1.82) is 0 Å². The van der Waals surface area contributed by atoms with Crippen LogP contribution in [0.25, 0.3) is 0 Å². The highest BCUT2D eigenvalue weighted by atomic mass is 127. The molecule has 1 N–H and O–H groups in total. The third kappa shape index (κ3) is 7.74. The molecule has 2 saturated heterocycles. The van der Waals surface area contributed by atoms with Gasteiger partial charge in [0.25, 0.3) is 0 Å². The molecule has 0 bridgehead atoms. The number of carbonyl (C=O) groups is 1. The van der Waals surface area contributed by atoms with Gasteiger partial charge in [-0.3, -0.25) is 19.6 Å². The van der Waals surface area contributed by atoms with E-state index < -0.39 is 0 Å². The number of guanidine groups is 1. The number of aliphatic imine (C=N–C) groups is 1. The predicted molar refractivity (Wildman–Crippen MR) is 139 cm³/mol. The van der Waals surface area contributed by atoms with Crippen LogP contribution in [0.4, 0.5) is 0 Å². The van der Waals surface area contributed by atoms with Gasteiger partial charge < -0.3 is 15.1 Å². The van der Waals surface area contributed by atoms with Crippen LogP contribution in [0.5, 0.6) is 0 Å². The van der Waals surface area contributed by atoms with Crippen molar-refractivity contribution in [3.63, 3.8) is 0 Å². The second-order valence-corrected chi connectivity index (χ2v) is 9.66. The molecule has 0 radical (unpaired) electrons. The summed E-state index contributed by atoms with van der Waals surface area (Å²) in [6, 6.07) is 0.797. The molecular formula is C23H45IN6O. The number of piperazine rings is 2. The Morgan fingerprint density at radius 3 is 2.03 bits per heavy atom. The SMILES string of the molecule is CN=C(NCCN1CCN(C(C)=O)CC1)N1CCN(C2CCC(C(C)C)CC2)CC1.I. The van der Waals surface area contributed by atoms with E-state index in [-0.39, 0.29) is 29.9 Å². The Bertz CT molecular complexity index is 562. The molecule has 3 rings (SSSR count). The Morgan fingerprint density at radius 2 is 1.52 bits per heavy atom. The van der Waals surface area contributed by atoms with Crippen molar-refractivity contribution in [2.75, 3.05) is 72.5 Å². The first-order valence-electron chi connectivity index (χ1n) is 12.2. The lowest BCUT2D eigenvalue weighted by atomic mass is 9.79. The first-order valence-corrected chi connectivity index (χ1v) is 12.2. The molecule has 1 amide bonds. The maximum absolute atomic E-state index is 11.5. The van der Waals surface area contributed by atoms with Crippen LogP contribution in [0.15, 0.2) is 4.99 Å². The number of rotatable bonds is 5. The molecule has 2 aliphatic heterocycles. The lowest BCUT2D eigenvalue weighted by Gasteiger charge is -2.43. The number of carbonyl (C=O) groups excluding carboxylic acids is 1. The lowest BCUT2D eigenvalue weighted by Crippen LogP contribution is -2.56. The highest BCUT2D eigenvalue weighted by molar-refractivity contribution is 14.0. The molecule has 31 heavy (non-hydrogen) atoms. The van der Waals surface area contributed by atoms with Crippen LogP contribution in [0.2, 0.25) is 0 Å². The molecule has 0 aromatic carbocycles. The number of amides is 1. The molecule has 1 saturated carbocycles. The summed E-state index contributed by atoms with van der Waals surface area (Å²) in [5.41, 5.74) is 0. The van der Waals surface area contributed by atoms with Crippen LogP contribution in [0.1, 0.15) is 46.5 Å². The van der Waals surface area contributed by atoms with Gasteiger partial charge in [-0.25, -0.2) is 0 Å². The van der Waals surface area contributed by atoms with Gasteiger partial charge in [0, 0.05) is 85.5 Å². The fourth-order valence-electron chi connectivity index (χ4n) is 5.38. The minimum absolute atomic E-state index is 0. The molecule has 3 fully saturated rings. The topological polar surface area (TPSA) is 54.4 Å². The molecule has 3 aliphatic rings. The smallest absolute Gasteiger partial charge is 0.219 e. The van der Waals surface area contributed by atoms with Crippen LogP contribution in [0.3, 0.4) is 0 Å². The van der Waals surface area contributed by atoms with Gasteiger partial charge in [0.1, 0.15) is 0 Å². The highest BCUT2D eigenvalue weighted by Crippen LogP contribution is 2.32. The van der Waals surface area contributed by atoms with Gasteiger partial charge in [0.2, 0.25) is 5.91 Å². The number of hydrogen-bond acceptors (Lipinski definition) is 4. The maximum Gasteiger partial charge on any atom is 0.219 e. The second kappa shape index (κ2) is 13.2. The first kappa shape index (κ1) is 26.6. The van der Waals surface area contributed by atoms with Crippen molar-refractivity contribution >= 4 is 35.8 Å². The van der Waals surface area contributed by atoms with E-state index in [0.717, 1.165) is 89.3 Å². The summed E-state index contributed by atoms with van der Waals surface area (Å²) in [6.45, 7) is 16.4. The monoisotopic (exact) mass is 548 g/mol. The Labute approximate surface area is 207 Å². The quantitative estimate of drug-likeness (QED) is 0.325. The average molecular weight is 549 g/mol. The van der Waals surface area contributed by atoms with Crippen LogP contribution >= 0.6 is 24.0 Å². The number of hydrogen-bond donors (Lipinski definition) is 1. The van der Waals surface area contributed by atoms with Crippen molar-refractivity contribution in [3.05, 3.63) is 0 Å². The van der Waals surface area contributed by atoms with E-state index >= 15 is 0 Å². The predicted octanol–water partition coefficient (Wildman–Crippen LogP) is 2.18. The zero-order chi connectivity index (χ0) is 21.5. The second-order valence-electron chi connectivity index (χ2n) is 9.66. The Kier molecular flexibility index (Phi) is 11.3. The van der Waals surface area contributed by atoms with Crippen LogP contribution in [0, 0.1) is 11.8 Å². The van der Waals surface area contributed by atoms with E-state index in [1.54, 1.807) is 6.92 Å². The van der Waals surface area contributed by atoms with E-state index in [2.05, 4.69) is 38.9 Å². The Balaban J connectivity index is 0.00000341. The molecule has 7 nitrogen and oxygen atoms in total. The van der Waals surface area contributed by atoms with Crippen molar-refractivity contribution < 1.29 is 4.79 Å². The van der Waals surface area contributed by atoms with Gasteiger partial charge in [0.15, 0.2) is 5.96 Å². The van der Waals surface area contributed by atoms with E-state index in [1.165, 1.54) is 25.7 Å². The van der Waals surface area contributed by atoms with Gasteiger partial charge in [-0.2, -0.15) is 0 Å². The van der Waals surface area contributed by atoms with Gasteiger partial charge in [-0.05, 0) is 37.5 Å². The fourth-order valence-corrected chi connectivity index (χ4v) is 5.38. The maximum atomic E-state index is 11.5. The summed E-state index contributed by atoms with van der Waals surface area (Å²) in [7, 11) is 1.90. The van der Waals surface area contributed by atoms with Crippen molar-refractivity contribution in [3.8, 4) is 0 Å². The summed E-state index contributed by atoms with van der Waals surface area (Å²) < 4.78 is 0. The standard InChI is InChI=1S/C23H44N6O.HI/c1-19(2)21-5-7-22(8-6-21)28-15-17-29(18-16-28)23(24-4)25-9-10-26-11-13-27(14-12-26)20(3)30;/h19,21-22H,5-18H2,1-4H3,(H,24,25);1H. The first-order chi connectivity index (χ1) is 14.5. The van der Waals surface area contributed by atoms with E-state index in [9.17, 15) is 4.79 Å². The van der Waals surface area contributed by atoms with Crippen LogP contribution in [-0.4, -0.2) is 110 Å². The third-order valence-electron chi connectivity index (χ3n) is 7.55. The van der Waals surface area contributed by atoms with Crippen molar-refractivity contribution in [2.45, 2.75) is 52.5 Å². The molecule has 180 valence electrons. The van der Waals surface area contributed by atoms with E-state index in [1.807, 2.05) is 11.9 Å². The van der Waals surface area contributed by atoms with Gasteiger partial charge in [-0.15, -0.1) is 24.0 Å². The summed E-state index contributed by atoms with van der Waals surface area (Å²) in [5, 5.41) is 3.57. The van der Waals surface area contributed by atoms with Gasteiger partial charge in [0.05, 0.1) is 0 Å². The summed E-state index contributed by atoms with van der Waals surface area (Å²) in [6.07, 6.45) is 5.58. The van der Waals surface area contributed by atoms with E-state index in [0.29, 0.717) is 0 Å². The zero-order valence-corrected chi connectivity index (χ0v) is 22.5. The highest BCUT2D eigenvalue weighted by Gasteiger charge is 2.30. The molecular weight excluding hydrogens is 503 g/mol. The summed E-state index contributed by atoms with van der Waals surface area (Å²) >= 11 is 0. The lowest BCUT2D eigenvalue weighted by molar-refractivity contribution is -0.130. The third-order valence-corrected chi connectivity index (χ3v) is 7.55. The van der Waals surface area contributed by atoms with Crippen LogP contribution < -0.4 is 5.32 Å². The van der Waals surface area contributed by atoms with E-state index in [4.69, 9.17) is 0 Å². The minimum Gasteiger partial charge on any atom is -0.355 e. The molecule has 8 heteroatoms. The molecule has 0 unspecified atom stereocenters. The molecule has 0 atom stereocenters. The Hall–Kier alpha value is -0.610. The summed E-state index contributed by atoms with van der Waals surface area (Å²) in [4.78, 5) is 25.5. The normalized spacial score (nSPS) is 26.7.